The smallest absolute Gasteiger partial charge is 0.338 e. The number of carbonyl (C=O) groups is 2. The van der Waals surface area contributed by atoms with Crippen molar-refractivity contribution < 1.29 is 19.2 Å². The van der Waals surface area contributed by atoms with Gasteiger partial charge in [0.05, 0.1) is 17.6 Å². The number of unbranched alkanes of at least 4 members (excludes halogenated alkanes) is 8. The van der Waals surface area contributed by atoms with E-state index >= 15 is 0 Å². The zero-order valence-corrected chi connectivity index (χ0v) is 16.3. The third kappa shape index (κ3) is 8.66. The number of methoxy groups -OCH3 is 1. The van der Waals surface area contributed by atoms with Gasteiger partial charge < -0.3 is 10.1 Å². The van der Waals surface area contributed by atoms with Crippen molar-refractivity contribution in [1.29, 1.82) is 0 Å². The maximum Gasteiger partial charge on any atom is 0.338 e. The molecule has 0 aliphatic heterocycles. The van der Waals surface area contributed by atoms with Gasteiger partial charge in [-0.15, -0.1) is 0 Å². The summed E-state index contributed by atoms with van der Waals surface area (Å²) in [6, 6.07) is 3.87. The highest BCUT2D eigenvalue weighted by Crippen LogP contribution is 2.26. The summed E-state index contributed by atoms with van der Waals surface area (Å²) in [5, 5.41) is 13.8. The summed E-state index contributed by atoms with van der Waals surface area (Å²) in [7, 11) is 1.20. The summed E-state index contributed by atoms with van der Waals surface area (Å²) in [4.78, 5) is 34.1. The van der Waals surface area contributed by atoms with Crippen LogP contribution >= 0.6 is 0 Å². The molecule has 0 aliphatic carbocycles. The third-order valence-corrected chi connectivity index (χ3v) is 4.40. The molecule has 1 aromatic rings. The van der Waals surface area contributed by atoms with Crippen molar-refractivity contribution in [3.8, 4) is 0 Å². The van der Waals surface area contributed by atoms with Crippen molar-refractivity contribution >= 4 is 23.3 Å². The van der Waals surface area contributed by atoms with Gasteiger partial charge in [0.15, 0.2) is 0 Å². The number of amides is 1. The molecule has 7 nitrogen and oxygen atoms in total. The van der Waals surface area contributed by atoms with Gasteiger partial charge in [0, 0.05) is 12.5 Å². The van der Waals surface area contributed by atoms with E-state index < -0.39 is 10.9 Å². The Morgan fingerprint density at radius 2 is 1.63 bits per heavy atom. The van der Waals surface area contributed by atoms with E-state index in [4.69, 9.17) is 0 Å². The normalized spacial score (nSPS) is 10.4. The molecule has 1 rings (SSSR count). The van der Waals surface area contributed by atoms with Gasteiger partial charge in [0.1, 0.15) is 5.69 Å². The van der Waals surface area contributed by atoms with Crippen LogP contribution in [0.1, 0.15) is 81.5 Å². The monoisotopic (exact) mass is 378 g/mol. The van der Waals surface area contributed by atoms with Gasteiger partial charge in [-0.05, 0) is 18.6 Å². The fraction of sp³-hybridized carbons (Fsp3) is 0.600. The van der Waals surface area contributed by atoms with Crippen molar-refractivity contribution in [2.24, 2.45) is 0 Å². The van der Waals surface area contributed by atoms with E-state index in [0.29, 0.717) is 6.42 Å². The molecule has 27 heavy (non-hydrogen) atoms. The Hall–Kier alpha value is -2.44. The number of nitrogens with one attached hydrogen (secondary N) is 1. The molecule has 0 atom stereocenters. The molecular formula is C20H30N2O5. The van der Waals surface area contributed by atoms with E-state index in [1.54, 1.807) is 0 Å². The minimum absolute atomic E-state index is 0.0705. The number of esters is 1. The molecule has 0 heterocycles. The highest BCUT2D eigenvalue weighted by molar-refractivity contribution is 5.96. The Labute approximate surface area is 160 Å². The summed E-state index contributed by atoms with van der Waals surface area (Å²) in [5.74, 6) is -0.919. The number of nitro groups is 1. The molecule has 0 radical (unpaired) electrons. The van der Waals surface area contributed by atoms with Gasteiger partial charge >= 0.3 is 5.97 Å². The summed E-state index contributed by atoms with van der Waals surface area (Å²) < 4.78 is 4.56. The molecule has 0 saturated carbocycles. The highest BCUT2D eigenvalue weighted by Gasteiger charge is 2.19. The van der Waals surface area contributed by atoms with Crippen LogP contribution in [0.15, 0.2) is 18.2 Å². The molecule has 7 heteroatoms. The number of nitro benzene ring substituents is 1. The first-order valence-corrected chi connectivity index (χ1v) is 9.66. The number of hydrogen-bond acceptors (Lipinski definition) is 5. The quantitative estimate of drug-likeness (QED) is 0.219. The Morgan fingerprint density at radius 1 is 1.04 bits per heavy atom. The fourth-order valence-electron chi connectivity index (χ4n) is 2.84. The summed E-state index contributed by atoms with van der Waals surface area (Å²) in [6.45, 7) is 2.20. The van der Waals surface area contributed by atoms with Crippen molar-refractivity contribution in [1.82, 2.24) is 0 Å². The first-order valence-electron chi connectivity index (χ1n) is 9.66. The van der Waals surface area contributed by atoms with Crippen LogP contribution in [0, 0.1) is 10.1 Å². The van der Waals surface area contributed by atoms with E-state index in [1.807, 2.05) is 0 Å². The molecule has 0 saturated heterocycles. The van der Waals surface area contributed by atoms with Gasteiger partial charge in [0.25, 0.3) is 5.69 Å². The van der Waals surface area contributed by atoms with Crippen LogP contribution in [0.2, 0.25) is 0 Å². The van der Waals surface area contributed by atoms with Crippen molar-refractivity contribution in [2.75, 3.05) is 12.4 Å². The number of anilines is 1. The van der Waals surface area contributed by atoms with Gasteiger partial charge in [-0.25, -0.2) is 4.79 Å². The average molecular weight is 378 g/mol. The molecule has 0 aliphatic rings. The van der Waals surface area contributed by atoms with Crippen LogP contribution in [-0.2, 0) is 9.53 Å². The Kier molecular flexibility index (Phi) is 10.7. The first kappa shape index (κ1) is 22.6. The first-order chi connectivity index (χ1) is 13.0. The molecule has 0 aromatic heterocycles. The number of ether oxygens (including phenoxy) is 1. The molecule has 0 bridgehead atoms. The minimum Gasteiger partial charge on any atom is -0.465 e. The predicted octanol–water partition coefficient (Wildman–Crippen LogP) is 5.24. The van der Waals surface area contributed by atoms with Crippen LogP contribution in [0.5, 0.6) is 0 Å². The molecule has 0 spiro atoms. The molecule has 150 valence electrons. The van der Waals surface area contributed by atoms with Gasteiger partial charge in [-0.1, -0.05) is 58.3 Å². The molecule has 1 N–H and O–H groups in total. The second-order valence-electron chi connectivity index (χ2n) is 6.61. The van der Waals surface area contributed by atoms with E-state index in [9.17, 15) is 19.7 Å². The summed E-state index contributed by atoms with van der Waals surface area (Å²) >= 11 is 0. The van der Waals surface area contributed by atoms with Crippen molar-refractivity contribution in [3.63, 3.8) is 0 Å². The number of carbonyl (C=O) groups excluding carboxylic acids is 2. The number of hydrogen-bond donors (Lipinski definition) is 1. The topological polar surface area (TPSA) is 98.5 Å². The number of nitrogens with zero attached hydrogens (tertiary/aromatic N) is 1. The fourth-order valence-corrected chi connectivity index (χ4v) is 2.84. The maximum absolute atomic E-state index is 12.0. The molecule has 0 unspecified atom stereocenters. The highest BCUT2D eigenvalue weighted by atomic mass is 16.6. The van der Waals surface area contributed by atoms with E-state index in [-0.39, 0.29) is 22.8 Å². The summed E-state index contributed by atoms with van der Waals surface area (Å²) in [5.41, 5.74) is -0.159. The minimum atomic E-state index is -0.661. The molecule has 0 fully saturated rings. The summed E-state index contributed by atoms with van der Waals surface area (Å²) in [6.07, 6.45) is 10.7. The Morgan fingerprint density at radius 3 is 2.19 bits per heavy atom. The average Bonchev–Trinajstić information content (AvgIpc) is 2.66. The van der Waals surface area contributed by atoms with Gasteiger partial charge in [0.2, 0.25) is 5.91 Å². The zero-order valence-electron chi connectivity index (χ0n) is 16.3. The third-order valence-electron chi connectivity index (χ3n) is 4.40. The van der Waals surface area contributed by atoms with Gasteiger partial charge in [-0.3, -0.25) is 14.9 Å². The molecule has 1 amide bonds. The Balaban J connectivity index is 2.39. The lowest BCUT2D eigenvalue weighted by Gasteiger charge is -2.07. The zero-order chi connectivity index (χ0) is 20.1. The van der Waals surface area contributed by atoms with E-state index in [2.05, 4.69) is 17.0 Å². The van der Waals surface area contributed by atoms with Crippen LogP contribution in [0.3, 0.4) is 0 Å². The predicted molar refractivity (Wildman–Crippen MR) is 105 cm³/mol. The second-order valence-corrected chi connectivity index (χ2v) is 6.61. The maximum atomic E-state index is 12.0. The molecular weight excluding hydrogens is 348 g/mol. The number of rotatable bonds is 13. The Bertz CT molecular complexity index is 631. The van der Waals surface area contributed by atoms with Crippen molar-refractivity contribution in [3.05, 3.63) is 33.9 Å². The van der Waals surface area contributed by atoms with Crippen LogP contribution in [-0.4, -0.2) is 23.9 Å². The SMILES string of the molecule is CCCCCCCCCCCC(=O)Nc1ccc(C(=O)OC)cc1[N+](=O)[O-]. The standard InChI is InChI=1S/C20H30N2O5/c1-3-4-5-6-7-8-9-10-11-12-19(23)21-17-14-13-16(20(24)27-2)15-18(17)22(25)26/h13-15H,3-12H2,1-2H3,(H,21,23). The van der Waals surface area contributed by atoms with Crippen LogP contribution in [0.25, 0.3) is 0 Å². The largest absolute Gasteiger partial charge is 0.465 e. The van der Waals surface area contributed by atoms with E-state index in [1.165, 1.54) is 57.8 Å². The lowest BCUT2D eigenvalue weighted by atomic mass is 10.1. The molecule has 1 aromatic carbocycles. The van der Waals surface area contributed by atoms with Crippen molar-refractivity contribution in [2.45, 2.75) is 71.1 Å². The van der Waals surface area contributed by atoms with E-state index in [0.717, 1.165) is 25.3 Å². The lowest BCUT2D eigenvalue weighted by molar-refractivity contribution is -0.384. The number of benzene rings is 1. The van der Waals surface area contributed by atoms with Crippen LogP contribution < -0.4 is 5.32 Å². The van der Waals surface area contributed by atoms with Gasteiger partial charge in [-0.2, -0.15) is 0 Å². The van der Waals surface area contributed by atoms with Crippen LogP contribution in [0.4, 0.5) is 11.4 Å². The second kappa shape index (κ2) is 12.8. The lowest BCUT2D eigenvalue weighted by Crippen LogP contribution is -2.13.